The molecule has 2 rings (SSSR count). The van der Waals surface area contributed by atoms with Gasteiger partial charge in [0, 0.05) is 13.1 Å². The summed E-state index contributed by atoms with van der Waals surface area (Å²) in [4.78, 5) is 69.9. The van der Waals surface area contributed by atoms with Crippen LogP contribution in [0.25, 0.3) is 0 Å². The molecule has 1 saturated carbocycles. The molecule has 52 heavy (non-hydrogen) atoms. The fourth-order valence-electron chi connectivity index (χ4n) is 6.98. The maximum Gasteiger partial charge on any atom is 0.315 e. The highest BCUT2D eigenvalue weighted by Gasteiger charge is 2.48. The van der Waals surface area contributed by atoms with Gasteiger partial charge in [-0.25, -0.2) is 13.2 Å². The third kappa shape index (κ3) is 13.3. The Balaban J connectivity index is 2.39. The van der Waals surface area contributed by atoms with Crippen molar-refractivity contribution in [3.8, 4) is 0 Å². The van der Waals surface area contributed by atoms with Crippen molar-refractivity contribution in [1.82, 2.24) is 26.2 Å². The third-order valence-corrected chi connectivity index (χ3v) is 12.6. The van der Waals surface area contributed by atoms with Crippen LogP contribution in [0.15, 0.2) is 25.3 Å². The number of ketones is 1. The van der Waals surface area contributed by atoms with Gasteiger partial charge in [0.1, 0.15) is 12.1 Å². The first kappa shape index (κ1) is 44.9. The molecule has 296 valence electrons. The van der Waals surface area contributed by atoms with Gasteiger partial charge in [-0.3, -0.25) is 19.2 Å². The van der Waals surface area contributed by atoms with Crippen LogP contribution < -0.4 is 21.3 Å². The average molecular weight is 750 g/mol. The number of Topliss-reactive ketones (excluding diaryl/α,β-unsaturated/α-hetero) is 1. The summed E-state index contributed by atoms with van der Waals surface area (Å²) in [7, 11) is -3.46. The van der Waals surface area contributed by atoms with Crippen LogP contribution in [0.2, 0.25) is 0 Å². The van der Waals surface area contributed by atoms with E-state index in [-0.39, 0.29) is 48.3 Å². The van der Waals surface area contributed by atoms with Crippen LogP contribution in [-0.2, 0) is 29.0 Å². The largest absolute Gasteiger partial charge is 0.349 e. The number of sulfone groups is 1. The Morgan fingerprint density at radius 1 is 0.942 bits per heavy atom. The molecule has 2 aliphatic rings. The molecule has 0 spiro atoms. The second-order valence-electron chi connectivity index (χ2n) is 17.2. The molecule has 0 radical (unpaired) electrons. The van der Waals surface area contributed by atoms with Crippen molar-refractivity contribution >= 4 is 39.4 Å². The Hall–Kier alpha value is -3.22. The number of carbonyl (C=O) groups is 5. The molecule has 1 aliphatic carbocycles. The van der Waals surface area contributed by atoms with Crippen molar-refractivity contribution in [2.75, 3.05) is 24.6 Å². The first-order chi connectivity index (χ1) is 24.1. The Labute approximate surface area is 313 Å². The third-order valence-electron chi connectivity index (χ3n) is 10.7. The zero-order valence-corrected chi connectivity index (χ0v) is 33.9. The molecule has 4 atom stereocenters. The zero-order chi connectivity index (χ0) is 39.5. The predicted octanol–water partition coefficient (Wildman–Crippen LogP) is 4.84. The number of piperidine rings is 1. The number of urea groups is 1. The Morgan fingerprint density at radius 2 is 1.56 bits per heavy atom. The molecule has 1 aliphatic heterocycles. The highest BCUT2D eigenvalue weighted by atomic mass is 32.2. The van der Waals surface area contributed by atoms with Gasteiger partial charge in [-0.05, 0) is 67.6 Å². The minimum atomic E-state index is -3.46. The molecule has 0 aromatic heterocycles. The summed E-state index contributed by atoms with van der Waals surface area (Å²) in [5.41, 5.74) is -2.08. The zero-order valence-electron chi connectivity index (χ0n) is 33.1. The van der Waals surface area contributed by atoms with Crippen molar-refractivity contribution < 1.29 is 32.4 Å². The van der Waals surface area contributed by atoms with E-state index < -0.39 is 68.5 Å². The van der Waals surface area contributed by atoms with Crippen molar-refractivity contribution in [2.45, 2.75) is 143 Å². The molecule has 0 aromatic rings. The topological polar surface area (TPSA) is 171 Å². The van der Waals surface area contributed by atoms with E-state index in [0.717, 1.165) is 19.3 Å². The van der Waals surface area contributed by atoms with Gasteiger partial charge in [-0.1, -0.05) is 86.8 Å². The van der Waals surface area contributed by atoms with Crippen molar-refractivity contribution in [3.05, 3.63) is 25.3 Å². The quantitative estimate of drug-likeness (QED) is 0.0883. The number of hydrogen-bond acceptors (Lipinski definition) is 7. The number of nitrogens with one attached hydrogen (secondary N) is 4. The van der Waals surface area contributed by atoms with Gasteiger partial charge in [0.2, 0.25) is 17.6 Å². The highest BCUT2D eigenvalue weighted by molar-refractivity contribution is 7.91. The Kier molecular flexibility index (Phi) is 16.6. The van der Waals surface area contributed by atoms with Crippen LogP contribution in [-0.4, -0.2) is 91.1 Å². The summed E-state index contributed by atoms with van der Waals surface area (Å²) in [6.45, 7) is 23.3. The first-order valence-electron chi connectivity index (χ1n) is 19.0. The van der Waals surface area contributed by atoms with E-state index >= 15 is 0 Å². The van der Waals surface area contributed by atoms with Crippen LogP contribution >= 0.6 is 0 Å². The van der Waals surface area contributed by atoms with E-state index in [2.05, 4.69) is 34.4 Å². The van der Waals surface area contributed by atoms with Gasteiger partial charge in [-0.2, -0.15) is 0 Å². The summed E-state index contributed by atoms with van der Waals surface area (Å²) in [5, 5.41) is 11.2. The SMILES string of the molecule is C=CCCNC(=O)C(=O)C(CCC=C)NC(=O)[C@@H]1CC(C)(C)C(C)CN1C(=O)[C@@H](NC(=O)NC1(CS(=O)(=O)CCC(C)C)CCCCC1)C(C)(C)C. The van der Waals surface area contributed by atoms with Crippen LogP contribution in [0.3, 0.4) is 0 Å². The average Bonchev–Trinajstić information content (AvgIpc) is 3.04. The molecule has 0 aromatic carbocycles. The molecule has 0 bridgehead atoms. The lowest BCUT2D eigenvalue weighted by Crippen LogP contribution is -2.66. The molecule has 2 fully saturated rings. The van der Waals surface area contributed by atoms with Gasteiger partial charge in [0.05, 0.1) is 23.1 Å². The van der Waals surface area contributed by atoms with E-state index in [1.807, 2.05) is 55.4 Å². The van der Waals surface area contributed by atoms with Crippen molar-refractivity contribution in [3.63, 3.8) is 0 Å². The number of nitrogens with zero attached hydrogens (tertiary/aromatic N) is 1. The summed E-state index contributed by atoms with van der Waals surface area (Å²) >= 11 is 0. The lowest BCUT2D eigenvalue weighted by Gasteiger charge is -2.49. The van der Waals surface area contributed by atoms with Gasteiger partial charge in [0.15, 0.2) is 9.84 Å². The number of rotatable bonds is 18. The normalized spacial score (nSPS) is 21.3. The number of allylic oxidation sites excluding steroid dienone is 1. The highest BCUT2D eigenvalue weighted by Crippen LogP contribution is 2.40. The monoisotopic (exact) mass is 749 g/mol. The van der Waals surface area contributed by atoms with Crippen molar-refractivity contribution in [1.29, 1.82) is 0 Å². The number of carbonyl (C=O) groups excluding carboxylic acids is 5. The van der Waals surface area contributed by atoms with Crippen molar-refractivity contribution in [2.24, 2.45) is 22.7 Å². The van der Waals surface area contributed by atoms with Crippen LogP contribution in [0, 0.1) is 22.7 Å². The van der Waals surface area contributed by atoms with Crippen LogP contribution in [0.1, 0.15) is 120 Å². The second kappa shape index (κ2) is 19.2. The van der Waals surface area contributed by atoms with Gasteiger partial charge >= 0.3 is 6.03 Å². The van der Waals surface area contributed by atoms with E-state index in [1.54, 1.807) is 12.2 Å². The molecule has 12 nitrogen and oxygen atoms in total. The molecular formula is C39H67N5O7S. The van der Waals surface area contributed by atoms with E-state index in [0.29, 0.717) is 38.5 Å². The van der Waals surface area contributed by atoms with Gasteiger partial charge in [0.25, 0.3) is 5.91 Å². The molecule has 1 saturated heterocycles. The molecule has 5 amide bonds. The lowest BCUT2D eigenvalue weighted by atomic mass is 9.71. The Bertz CT molecular complexity index is 1400. The molecule has 2 unspecified atom stereocenters. The molecule has 13 heteroatoms. The number of likely N-dealkylation sites (tertiary alicyclic amines) is 1. The minimum absolute atomic E-state index is 0.00895. The smallest absolute Gasteiger partial charge is 0.315 e. The number of hydrogen-bond donors (Lipinski definition) is 4. The standard InChI is InChI=1S/C39H67N5O7S/c1-11-13-18-29(31(45)34(47)40-22-14-12-2)41-33(46)30-24-38(9,10)28(5)25-44(30)35(48)32(37(6,7)8)42-36(49)43-39(20-16-15-17-21-39)26-52(50,51)23-19-27(3)4/h11-12,27-30,32H,1-2,13-26H2,3-10H3,(H,40,47)(H,41,46)(H2,42,43,49)/t28?,29?,30-,32+/m0/s1. The summed E-state index contributed by atoms with van der Waals surface area (Å²) in [6, 6.07) is -3.80. The van der Waals surface area contributed by atoms with E-state index in [4.69, 9.17) is 0 Å². The second-order valence-corrected chi connectivity index (χ2v) is 19.4. The lowest BCUT2D eigenvalue weighted by molar-refractivity contribution is -0.151. The number of amides is 5. The van der Waals surface area contributed by atoms with E-state index in [9.17, 15) is 32.4 Å². The van der Waals surface area contributed by atoms with Gasteiger partial charge < -0.3 is 26.2 Å². The van der Waals surface area contributed by atoms with Crippen LogP contribution in [0.4, 0.5) is 4.79 Å². The minimum Gasteiger partial charge on any atom is -0.349 e. The van der Waals surface area contributed by atoms with Gasteiger partial charge in [-0.15, -0.1) is 13.2 Å². The molecular weight excluding hydrogens is 683 g/mol. The maximum absolute atomic E-state index is 14.6. The Morgan fingerprint density at radius 3 is 2.12 bits per heavy atom. The summed E-state index contributed by atoms with van der Waals surface area (Å²) in [5.74, 6) is -2.50. The summed E-state index contributed by atoms with van der Waals surface area (Å²) in [6.07, 6.45) is 8.63. The van der Waals surface area contributed by atoms with Crippen LogP contribution in [0.5, 0.6) is 0 Å². The fourth-order valence-corrected chi connectivity index (χ4v) is 9.15. The molecule has 1 heterocycles. The fraction of sp³-hybridized carbons (Fsp3) is 0.769. The van der Waals surface area contributed by atoms with E-state index in [1.165, 1.54) is 4.90 Å². The maximum atomic E-state index is 14.6. The first-order valence-corrected chi connectivity index (χ1v) is 20.8. The molecule has 4 N–H and O–H groups in total. The summed E-state index contributed by atoms with van der Waals surface area (Å²) < 4.78 is 26.4. The predicted molar refractivity (Wildman–Crippen MR) is 206 cm³/mol.